The molecule has 83 heavy (non-hydrogen) atoms. The third-order valence-corrected chi connectivity index (χ3v) is 18.1. The van der Waals surface area contributed by atoms with E-state index in [0.717, 1.165) is 67.8 Å². The van der Waals surface area contributed by atoms with Gasteiger partial charge in [-0.15, -0.1) is 12.4 Å². The Labute approximate surface area is 495 Å². The first-order valence-corrected chi connectivity index (χ1v) is 29.9. The molecular formula is C66H72ClN9O5S2. The zero-order valence-electron chi connectivity index (χ0n) is 47.1. The summed E-state index contributed by atoms with van der Waals surface area (Å²) in [5, 5.41) is 6.50. The van der Waals surface area contributed by atoms with Crippen molar-refractivity contribution < 1.29 is 22.0 Å². The van der Waals surface area contributed by atoms with Crippen molar-refractivity contribution in [1.82, 2.24) is 27.7 Å². The first-order valence-electron chi connectivity index (χ1n) is 27.0. The fourth-order valence-corrected chi connectivity index (χ4v) is 13.3. The highest BCUT2D eigenvalue weighted by atomic mass is 35.5. The van der Waals surface area contributed by atoms with Crippen LogP contribution in [0.5, 0.6) is 0 Å². The molecule has 4 heterocycles. The van der Waals surface area contributed by atoms with Gasteiger partial charge < -0.3 is 25.8 Å². The van der Waals surface area contributed by atoms with Gasteiger partial charge in [0.2, 0.25) is 20.0 Å². The third kappa shape index (κ3) is 15.7. The summed E-state index contributed by atoms with van der Waals surface area (Å²) >= 11 is 0. The molecule has 14 nitrogen and oxygen atoms in total. The molecule has 7 N–H and O–H groups in total. The first kappa shape index (κ1) is 62.4. The molecule has 2 atom stereocenters. The monoisotopic (exact) mass is 1170 g/mol. The number of rotatable bonds is 20. The van der Waals surface area contributed by atoms with E-state index in [1.807, 2.05) is 121 Å². The second kappa shape index (κ2) is 29.2. The number of hydrogen-bond acceptors (Lipinski definition) is 10. The largest absolute Gasteiger partial charge is 0.384 e. The number of benzene rings is 6. The molecule has 0 aliphatic rings. The van der Waals surface area contributed by atoms with E-state index in [2.05, 4.69) is 96.2 Å². The van der Waals surface area contributed by atoms with Gasteiger partial charge in [0, 0.05) is 60.8 Å². The topological polar surface area (TPSA) is 209 Å². The molecule has 0 bridgehead atoms. The number of aryl methyl sites for hydroxylation is 4. The Morgan fingerprint density at radius 2 is 0.699 bits per heavy atom. The fraction of sp³-hybridized carbons (Fsp3) is 0.182. The predicted octanol–water partition coefficient (Wildman–Crippen LogP) is 12.7. The van der Waals surface area contributed by atoms with Gasteiger partial charge >= 0.3 is 0 Å². The first-order chi connectivity index (χ1) is 39.6. The van der Waals surface area contributed by atoms with Crippen molar-refractivity contribution in [1.29, 1.82) is 0 Å². The van der Waals surface area contributed by atoms with Gasteiger partial charge in [0.1, 0.15) is 23.3 Å². The Hall–Kier alpha value is -8.19. The predicted molar refractivity (Wildman–Crippen MR) is 335 cm³/mol. The fourth-order valence-electron chi connectivity index (χ4n) is 10.4. The Balaban J connectivity index is 0.000000239. The van der Waals surface area contributed by atoms with Crippen LogP contribution in [0.3, 0.4) is 0 Å². The van der Waals surface area contributed by atoms with Crippen molar-refractivity contribution in [2.45, 2.75) is 75.3 Å². The Bertz CT molecular complexity index is 3740. The summed E-state index contributed by atoms with van der Waals surface area (Å²) in [6.07, 6.45) is 1.13. The zero-order chi connectivity index (χ0) is 58.2. The number of pyridine rings is 2. The number of sulfonamides is 2. The Kier molecular flexibility index (Phi) is 21.9. The van der Waals surface area contributed by atoms with Crippen molar-refractivity contribution >= 4 is 44.1 Å². The number of anilines is 2. The highest BCUT2D eigenvalue weighted by molar-refractivity contribution is 7.89. The number of nitrogens with zero attached hydrogens (tertiary/aromatic N) is 6. The van der Waals surface area contributed by atoms with Crippen LogP contribution in [0.1, 0.15) is 80.8 Å². The normalized spacial score (nSPS) is 12.1. The Morgan fingerprint density at radius 3 is 1.02 bits per heavy atom. The number of hydrogen-bond donors (Lipinski definition) is 4. The summed E-state index contributed by atoms with van der Waals surface area (Å²) in [6.45, 7) is 9.59. The van der Waals surface area contributed by atoms with Crippen LogP contribution in [-0.4, -0.2) is 62.8 Å². The quantitative estimate of drug-likeness (QED) is 0.0531. The molecule has 0 aliphatic carbocycles. The number of nitrogen functional groups attached to an aromatic ring is 2. The van der Waals surface area contributed by atoms with E-state index in [4.69, 9.17) is 21.7 Å². The van der Waals surface area contributed by atoms with E-state index in [-0.39, 0.29) is 42.2 Å². The van der Waals surface area contributed by atoms with Gasteiger partial charge in [-0.25, -0.2) is 32.7 Å². The van der Waals surface area contributed by atoms with E-state index in [0.29, 0.717) is 42.5 Å². The summed E-state index contributed by atoms with van der Waals surface area (Å²) in [5.74, 6) is 5.69. The number of halogens is 1. The molecule has 4 aromatic heterocycles. The maximum atomic E-state index is 14.1. The van der Waals surface area contributed by atoms with Gasteiger partial charge in [-0.3, -0.25) is 0 Å². The molecule has 6 aromatic carbocycles. The van der Waals surface area contributed by atoms with Crippen LogP contribution < -0.4 is 17.4 Å². The van der Waals surface area contributed by atoms with E-state index in [9.17, 15) is 16.8 Å². The Morgan fingerprint density at radius 1 is 0.410 bits per heavy atom. The average molecular weight is 1170 g/mol. The maximum Gasteiger partial charge on any atom is 0.243 e. The van der Waals surface area contributed by atoms with Crippen LogP contribution in [0.2, 0.25) is 0 Å². The molecule has 0 saturated carbocycles. The SMILES string of the molecule is Cc1ccc(C)n1-c1cc(C(CCN(Cc2ccccc2)S(=O)(=O)c2ccccc2)c2ccccc2)cc(-n2c(C)ccc2C)n1.Cl.NO.Nc1cc(C(CCN(Cc2ccccc2)S(=O)(=O)c2ccccc2)c2ccccc2)cc(N)n1. The second-order valence-electron chi connectivity index (χ2n) is 20.0. The number of nitrogens with two attached hydrogens (primary N) is 3. The van der Waals surface area contributed by atoms with Gasteiger partial charge in [0.25, 0.3) is 0 Å². The lowest BCUT2D eigenvalue weighted by Crippen LogP contribution is -2.32. The van der Waals surface area contributed by atoms with E-state index < -0.39 is 20.0 Å². The number of aromatic nitrogens is 4. The van der Waals surface area contributed by atoms with Gasteiger partial charge in [-0.05, 0) is 147 Å². The molecule has 0 amide bonds. The highest BCUT2D eigenvalue weighted by Gasteiger charge is 2.29. The van der Waals surface area contributed by atoms with Crippen LogP contribution in [0.4, 0.5) is 11.6 Å². The van der Waals surface area contributed by atoms with E-state index >= 15 is 0 Å². The molecule has 0 spiro atoms. The lowest BCUT2D eigenvalue weighted by molar-refractivity contribution is 0.311. The second-order valence-corrected chi connectivity index (χ2v) is 23.9. The standard InChI is InChI=1S/C39H40N4O2S.C27H28N4O2S.ClH.H3NO/c1-29-20-21-30(2)42(29)38-26-35(27-39(40-38)43-31(3)22-23-32(43)4)37(34-16-10-6-11-17-34)24-25-41(28-33-14-8-5-9-15-33)46(44,45)36-18-12-7-13-19-36;28-26-18-23(19-27(29)30-26)25(22-12-6-2-7-13-22)16-17-31(20-21-10-4-1-5-11-21)34(32,33)24-14-8-3-9-15-24;;1-2/h5-23,26-27,37H,24-25,28H2,1-4H3;1-15,18-19,25H,16-17,20H2,(H4,28,29,30);1H;2H,1H2. The molecule has 10 rings (SSSR count). The summed E-state index contributed by atoms with van der Waals surface area (Å²) < 4.78 is 62.9. The minimum Gasteiger partial charge on any atom is -0.384 e. The lowest BCUT2D eigenvalue weighted by Gasteiger charge is -2.26. The van der Waals surface area contributed by atoms with Crippen molar-refractivity contribution in [3.8, 4) is 11.6 Å². The van der Waals surface area contributed by atoms with Crippen molar-refractivity contribution in [3.05, 3.63) is 287 Å². The molecule has 0 fully saturated rings. The lowest BCUT2D eigenvalue weighted by atomic mass is 9.88. The molecule has 2 unspecified atom stereocenters. The molecule has 17 heteroatoms. The maximum absolute atomic E-state index is 14.1. The smallest absolute Gasteiger partial charge is 0.243 e. The molecule has 0 radical (unpaired) electrons. The van der Waals surface area contributed by atoms with Crippen LogP contribution in [0, 0.1) is 27.7 Å². The molecule has 10 aromatic rings. The highest BCUT2D eigenvalue weighted by Crippen LogP contribution is 2.35. The van der Waals surface area contributed by atoms with E-state index in [1.54, 1.807) is 69.3 Å². The van der Waals surface area contributed by atoms with Crippen LogP contribution >= 0.6 is 12.4 Å². The summed E-state index contributed by atoms with van der Waals surface area (Å²) in [6, 6.07) is 73.5. The average Bonchev–Trinajstić information content (AvgIpc) is 4.13. The summed E-state index contributed by atoms with van der Waals surface area (Å²) in [7, 11) is -7.46. The molecular weight excluding hydrogens is 1100 g/mol. The van der Waals surface area contributed by atoms with Crippen molar-refractivity contribution in [2.75, 3.05) is 24.6 Å². The third-order valence-electron chi connectivity index (χ3n) is 14.4. The van der Waals surface area contributed by atoms with Gasteiger partial charge in [-0.1, -0.05) is 158 Å². The van der Waals surface area contributed by atoms with Gasteiger partial charge in [0.15, 0.2) is 0 Å². The molecule has 430 valence electrons. The van der Waals surface area contributed by atoms with Gasteiger partial charge in [-0.2, -0.15) is 8.61 Å². The zero-order valence-corrected chi connectivity index (χ0v) is 49.5. The minimum atomic E-state index is -3.76. The summed E-state index contributed by atoms with van der Waals surface area (Å²) in [4.78, 5) is 9.85. The van der Waals surface area contributed by atoms with E-state index in [1.165, 1.54) is 0 Å². The van der Waals surface area contributed by atoms with Crippen LogP contribution in [-0.2, 0) is 33.1 Å². The molecule has 0 aliphatic heterocycles. The van der Waals surface area contributed by atoms with Crippen molar-refractivity contribution in [2.24, 2.45) is 5.90 Å². The van der Waals surface area contributed by atoms with Gasteiger partial charge in [0.05, 0.1) is 9.79 Å². The van der Waals surface area contributed by atoms with Crippen LogP contribution in [0.15, 0.2) is 240 Å². The van der Waals surface area contributed by atoms with Crippen molar-refractivity contribution in [3.63, 3.8) is 0 Å². The minimum absolute atomic E-state index is 0. The van der Waals surface area contributed by atoms with Crippen LogP contribution in [0.25, 0.3) is 11.6 Å². The molecule has 0 saturated heterocycles. The summed E-state index contributed by atoms with van der Waals surface area (Å²) in [5.41, 5.74) is 22.4.